The topological polar surface area (TPSA) is 417 Å². The Morgan fingerprint density at radius 1 is 0.283 bits per heavy atom. The van der Waals surface area contributed by atoms with Crippen molar-refractivity contribution in [1.29, 1.82) is 5.26 Å². The molecule has 0 aliphatic rings. The first-order chi connectivity index (χ1) is 62.2. The van der Waals surface area contributed by atoms with E-state index in [4.69, 9.17) is 41.2 Å². The molecule has 0 aliphatic heterocycles. The van der Waals surface area contributed by atoms with E-state index in [0.29, 0.717) is 93.1 Å². The van der Waals surface area contributed by atoms with Gasteiger partial charge in [-0.05, 0) is 166 Å². The molecule has 33 heteroatoms. The van der Waals surface area contributed by atoms with Crippen molar-refractivity contribution in [2.75, 3.05) is 0 Å². The summed E-state index contributed by atoms with van der Waals surface area (Å²) in [5, 5.41) is 89.5. The first-order valence-corrected chi connectivity index (χ1v) is 39.0. The number of halogens is 1. The molecule has 0 unspecified atom stereocenters. The van der Waals surface area contributed by atoms with E-state index in [2.05, 4.69) is 109 Å². The van der Waals surface area contributed by atoms with Crippen LogP contribution < -0.4 is 29.6 Å². The van der Waals surface area contributed by atoms with Gasteiger partial charge in [0.1, 0.15) is 0 Å². The van der Waals surface area contributed by atoms with Crippen LogP contribution >= 0.6 is 11.6 Å². The van der Waals surface area contributed by atoms with Crippen LogP contribution in [0.2, 0.25) is 0 Å². The Balaban J connectivity index is 0.000000131. The summed E-state index contributed by atoms with van der Waals surface area (Å²) in [5.41, 5.74) is 29.7. The summed E-state index contributed by atoms with van der Waals surface area (Å²) in [6.45, 7) is 0. The Hall–Kier alpha value is -17.4. The number of aromatic nitrogens is 23. The van der Waals surface area contributed by atoms with Crippen molar-refractivity contribution in [3.8, 4) is 183 Å². The quantitative estimate of drug-likeness (QED) is 0.0265. The van der Waals surface area contributed by atoms with Gasteiger partial charge in [0.25, 0.3) is 5.24 Å². The van der Waals surface area contributed by atoms with Crippen LogP contribution in [0.5, 0.6) is 0 Å². The van der Waals surface area contributed by atoms with Gasteiger partial charge in [-0.2, -0.15) is 5.26 Å². The predicted molar refractivity (Wildman–Crippen MR) is 471 cm³/mol. The molecule has 0 aliphatic carbocycles. The van der Waals surface area contributed by atoms with Gasteiger partial charge >= 0.3 is 29.6 Å². The second-order valence-electron chi connectivity index (χ2n) is 27.2. The molecule has 0 saturated heterocycles. The summed E-state index contributed by atoms with van der Waals surface area (Å²) in [5.74, 6) is 8.23. The van der Waals surface area contributed by atoms with Crippen LogP contribution in [0.1, 0.15) is 15.9 Å². The molecule has 0 saturated carbocycles. The molecule has 604 valence electrons. The minimum atomic E-state index is -0.407. The molecular weight excluding hydrogens is 1630 g/mol. The zero-order valence-electron chi connectivity index (χ0n) is 66.8. The van der Waals surface area contributed by atoms with Crippen molar-refractivity contribution in [3.63, 3.8) is 0 Å². The Morgan fingerprint density at radius 2 is 0.488 bits per heavy atom. The Morgan fingerprint density at radius 3 is 0.701 bits per heavy atom. The Labute approximate surface area is 748 Å². The molecule has 8 aromatic heterocycles. The third-order valence-corrected chi connectivity index (χ3v) is 19.6. The SMILES string of the molecule is N#Cc1ccc(-c2nnc(-c3ccc(-c4nnc(-c5ccccc5)o4)cc3)n2-c2ccccc2)cc1.O=C(Cl)c1ccccc1.[N-]=[N+]=[N-].[Na+].c1ccc(-c2nnc(-c3ccc(-c4nnc(-c5ccc(-c6nnn[nH]6)cc5)n4-c4ccccc4)cc3)o2)cc1.c1ccc(-c2nnc(-c3ccc(-c4nnc(-c5ccc(-c6nnn[nH]6)cc5)n4-c4ccccc4)cc3)o2)cc1. The molecule has 0 radical (unpaired) electrons. The molecule has 0 atom stereocenters. The minimum Gasteiger partial charge on any atom is -0.416 e. The van der Waals surface area contributed by atoms with Gasteiger partial charge in [-0.25, -0.2) is 10.2 Å². The summed E-state index contributed by atoms with van der Waals surface area (Å²) in [6.07, 6.45) is 0. The van der Waals surface area contributed by atoms with Crippen molar-refractivity contribution in [3.05, 3.63) is 385 Å². The molecule has 21 rings (SSSR count). The molecule has 0 amide bonds. The van der Waals surface area contributed by atoms with Crippen LogP contribution in [0.25, 0.3) is 193 Å². The summed E-state index contributed by atoms with van der Waals surface area (Å²) in [4.78, 5) is 11.9. The van der Waals surface area contributed by atoms with E-state index in [1.807, 2.05) is 335 Å². The van der Waals surface area contributed by atoms with Crippen molar-refractivity contribution >= 4 is 16.8 Å². The van der Waals surface area contributed by atoms with Gasteiger partial charge in [-0.1, -0.05) is 224 Å². The number of carbonyl (C=O) groups excluding carboxylic acids is 1. The number of hydrogen-bond acceptors (Lipinski definition) is 23. The maximum atomic E-state index is 10.4. The van der Waals surface area contributed by atoms with Gasteiger partial charge in [0.05, 0.1) is 11.6 Å². The first kappa shape index (κ1) is 83.3. The van der Waals surface area contributed by atoms with Gasteiger partial charge in [-0.3, -0.25) is 23.4 Å². The fourth-order valence-corrected chi connectivity index (χ4v) is 13.3. The van der Waals surface area contributed by atoms with Crippen LogP contribution in [0.15, 0.2) is 371 Å². The molecular formula is C94H61ClN27NaO4. The number of nitrogens with zero attached hydrogens (tertiary/aromatic N) is 25. The number of nitrogens with one attached hydrogen (secondary N) is 2. The molecule has 0 bridgehead atoms. The molecule has 13 aromatic carbocycles. The van der Waals surface area contributed by atoms with E-state index in [1.165, 1.54) is 4.91 Å². The molecule has 8 heterocycles. The fourth-order valence-electron chi connectivity index (χ4n) is 13.2. The van der Waals surface area contributed by atoms with E-state index >= 15 is 0 Å². The van der Waals surface area contributed by atoms with E-state index in [9.17, 15) is 4.79 Å². The fraction of sp³-hybridized carbons (Fsp3) is 0. The van der Waals surface area contributed by atoms with Crippen LogP contribution in [-0.4, -0.2) is 121 Å². The van der Waals surface area contributed by atoms with Crippen LogP contribution in [0, 0.1) is 11.3 Å². The Kier molecular flexibility index (Phi) is 26.1. The van der Waals surface area contributed by atoms with Crippen molar-refractivity contribution in [2.24, 2.45) is 0 Å². The van der Waals surface area contributed by atoms with Gasteiger partial charge in [0, 0.05) is 101 Å². The van der Waals surface area contributed by atoms with Gasteiger partial charge in [0.15, 0.2) is 46.6 Å². The van der Waals surface area contributed by atoms with Crippen molar-refractivity contribution in [2.45, 2.75) is 0 Å². The molecule has 21 aromatic rings. The van der Waals surface area contributed by atoms with Crippen molar-refractivity contribution in [1.82, 2.24) is 116 Å². The number of benzene rings is 13. The van der Waals surface area contributed by atoms with Gasteiger partial charge < -0.3 is 24.3 Å². The third kappa shape index (κ3) is 19.3. The van der Waals surface area contributed by atoms with E-state index in [0.717, 1.165) is 95.0 Å². The van der Waals surface area contributed by atoms with Crippen LogP contribution in [-0.2, 0) is 0 Å². The molecule has 0 spiro atoms. The molecule has 127 heavy (non-hydrogen) atoms. The summed E-state index contributed by atoms with van der Waals surface area (Å²) < 4.78 is 23.8. The second kappa shape index (κ2) is 39.9. The number of aromatic amines is 2. The van der Waals surface area contributed by atoms with Crippen LogP contribution in [0.4, 0.5) is 0 Å². The average Bonchev–Trinajstić information content (AvgIpc) is 1.65. The summed E-state index contributed by atoms with van der Waals surface area (Å²) >= 11 is 5.16. The Bertz CT molecular complexity index is 6930. The summed E-state index contributed by atoms with van der Waals surface area (Å²) in [7, 11) is 0. The number of carbonyl (C=O) groups is 1. The normalized spacial score (nSPS) is 10.6. The number of nitriles is 1. The van der Waals surface area contributed by atoms with Gasteiger partial charge in [0.2, 0.25) is 35.3 Å². The maximum absolute atomic E-state index is 10.4. The zero-order chi connectivity index (χ0) is 85.8. The standard InChI is InChI=1S/2C29H19N9O.C29H18N6O.C7H5ClO.N3.Na/c2*1-3-7-22(8-4-1)28-34-35-29(39-28)23-17-15-21(16-18-23)27-33-32-26(38(27)24-9-5-2-6-10-24)20-13-11-19(12-14-20)25-30-36-37-31-25;30-19-20-11-13-21(14-12-20)26-31-32-27(35(26)25-9-5-2-6-10-25)22-15-17-24(18-16-22)29-34-33-28(36-29)23-7-3-1-4-8-23;8-7(9)6-4-2-1-3-5-6;1-3-2;/h2*1-18H,(H,30,31,36,37);1-18H;1-5H;;/q;;;;-1;+1. The van der Waals surface area contributed by atoms with Crippen molar-refractivity contribution < 1.29 is 47.6 Å². The van der Waals surface area contributed by atoms with E-state index in [-0.39, 0.29) is 29.6 Å². The smallest absolute Gasteiger partial charge is 0.416 e. The van der Waals surface area contributed by atoms with E-state index < -0.39 is 5.24 Å². The van der Waals surface area contributed by atoms with Crippen LogP contribution in [0.3, 0.4) is 0 Å². The average molecular weight is 1690 g/mol. The number of rotatable bonds is 18. The predicted octanol–water partition coefficient (Wildman–Crippen LogP) is 17.1. The zero-order valence-corrected chi connectivity index (χ0v) is 69.5. The molecule has 2 N–H and O–H groups in total. The monoisotopic (exact) mass is 1690 g/mol. The van der Waals surface area contributed by atoms with E-state index in [1.54, 1.807) is 36.4 Å². The molecule has 31 nitrogen and oxygen atoms in total. The minimum absolute atomic E-state index is 0. The molecule has 0 fully saturated rings. The van der Waals surface area contributed by atoms with Gasteiger partial charge in [-0.15, -0.1) is 71.4 Å². The number of para-hydroxylation sites is 3. The number of H-pyrrole nitrogens is 2. The first-order valence-electron chi connectivity index (χ1n) is 38.6. The summed E-state index contributed by atoms with van der Waals surface area (Å²) in [6, 6.07) is 117. The number of hydrogen-bond donors (Lipinski definition) is 2. The largest absolute Gasteiger partial charge is 1.00 e. The maximum Gasteiger partial charge on any atom is 1.00 e. The number of tetrazole rings is 2. The second-order valence-corrected chi connectivity index (χ2v) is 27.5. The third-order valence-electron chi connectivity index (χ3n) is 19.3.